The number of hydrogen-bond donors (Lipinski definition) is 2. The van der Waals surface area contributed by atoms with Crippen molar-refractivity contribution in [2.75, 3.05) is 7.11 Å². The fraction of sp³-hybridized carbons (Fsp3) is 0.100. The number of methoxy groups -OCH3 is 1. The minimum atomic E-state index is -0.841. The predicted octanol–water partition coefficient (Wildman–Crippen LogP) is 1.80. The standard InChI is InChI=1S/C20H16N2O6/c1-27-19(25)14-4-2-3-13(9-14)11-28-15-7-5-12(6-8-15)10-16-17(23)21-20(26)22-18(16)24/h2-10H,11H2,1H3,(H2,21,22,23,24,26). The summed E-state index contributed by atoms with van der Waals surface area (Å²) in [4.78, 5) is 46.1. The summed E-state index contributed by atoms with van der Waals surface area (Å²) in [5.41, 5.74) is 1.67. The molecule has 1 aliphatic rings. The largest absolute Gasteiger partial charge is 0.489 e. The molecule has 2 N–H and O–H groups in total. The number of rotatable bonds is 5. The summed E-state index contributed by atoms with van der Waals surface area (Å²) in [6, 6.07) is 12.8. The Morgan fingerprint density at radius 3 is 2.32 bits per heavy atom. The minimum absolute atomic E-state index is 0.159. The van der Waals surface area contributed by atoms with Crippen molar-refractivity contribution in [1.82, 2.24) is 10.6 Å². The Morgan fingerprint density at radius 1 is 1.00 bits per heavy atom. The molecule has 0 radical (unpaired) electrons. The molecule has 142 valence electrons. The van der Waals surface area contributed by atoms with E-state index in [1.54, 1.807) is 42.5 Å². The first-order valence-corrected chi connectivity index (χ1v) is 8.25. The van der Waals surface area contributed by atoms with Crippen LogP contribution in [-0.2, 0) is 20.9 Å². The first-order chi connectivity index (χ1) is 13.5. The third kappa shape index (κ3) is 4.42. The number of ether oxygens (including phenoxy) is 2. The van der Waals surface area contributed by atoms with Gasteiger partial charge in [-0.15, -0.1) is 0 Å². The number of imide groups is 2. The minimum Gasteiger partial charge on any atom is -0.489 e. The number of barbiturate groups is 1. The van der Waals surface area contributed by atoms with Gasteiger partial charge in [0.05, 0.1) is 12.7 Å². The highest BCUT2D eigenvalue weighted by Crippen LogP contribution is 2.17. The molecule has 0 aliphatic carbocycles. The van der Waals surface area contributed by atoms with Gasteiger partial charge in [-0.25, -0.2) is 9.59 Å². The van der Waals surface area contributed by atoms with Crippen molar-refractivity contribution >= 4 is 29.9 Å². The Labute approximate surface area is 160 Å². The van der Waals surface area contributed by atoms with Gasteiger partial charge in [-0.1, -0.05) is 24.3 Å². The molecule has 0 unspecified atom stereocenters. The van der Waals surface area contributed by atoms with Crippen LogP contribution in [0.2, 0.25) is 0 Å². The lowest BCUT2D eigenvalue weighted by atomic mass is 10.1. The van der Waals surface area contributed by atoms with Crippen LogP contribution in [0.25, 0.3) is 6.08 Å². The molecule has 1 heterocycles. The predicted molar refractivity (Wildman–Crippen MR) is 98.2 cm³/mol. The van der Waals surface area contributed by atoms with E-state index in [2.05, 4.69) is 4.74 Å². The van der Waals surface area contributed by atoms with E-state index in [1.807, 2.05) is 16.7 Å². The summed E-state index contributed by atoms with van der Waals surface area (Å²) in [7, 11) is 1.32. The van der Waals surface area contributed by atoms with E-state index in [0.717, 1.165) is 5.56 Å². The SMILES string of the molecule is COC(=O)c1cccc(COc2ccc(C=C3C(=O)NC(=O)NC3=O)cc2)c1. The molecule has 1 fully saturated rings. The number of nitrogens with one attached hydrogen (secondary N) is 2. The number of esters is 1. The Kier molecular flexibility index (Phi) is 5.50. The smallest absolute Gasteiger partial charge is 0.337 e. The molecule has 0 spiro atoms. The third-order valence-corrected chi connectivity index (χ3v) is 3.89. The van der Waals surface area contributed by atoms with E-state index in [9.17, 15) is 19.2 Å². The highest BCUT2D eigenvalue weighted by atomic mass is 16.5. The van der Waals surface area contributed by atoms with E-state index in [4.69, 9.17) is 4.74 Å². The molecular weight excluding hydrogens is 364 g/mol. The maximum Gasteiger partial charge on any atom is 0.337 e. The van der Waals surface area contributed by atoms with Gasteiger partial charge in [-0.2, -0.15) is 0 Å². The van der Waals surface area contributed by atoms with Gasteiger partial charge < -0.3 is 9.47 Å². The summed E-state index contributed by atoms with van der Waals surface area (Å²) in [6.45, 7) is 0.248. The van der Waals surface area contributed by atoms with Crippen molar-refractivity contribution in [2.24, 2.45) is 0 Å². The van der Waals surface area contributed by atoms with Crippen LogP contribution in [0.15, 0.2) is 54.1 Å². The lowest BCUT2D eigenvalue weighted by Gasteiger charge is -2.14. The molecule has 28 heavy (non-hydrogen) atoms. The van der Waals surface area contributed by atoms with Crippen molar-refractivity contribution in [1.29, 1.82) is 0 Å². The summed E-state index contributed by atoms with van der Waals surface area (Å²) in [6.07, 6.45) is 1.38. The highest BCUT2D eigenvalue weighted by Gasteiger charge is 2.27. The van der Waals surface area contributed by atoms with Crippen molar-refractivity contribution in [3.63, 3.8) is 0 Å². The Morgan fingerprint density at radius 2 is 1.68 bits per heavy atom. The second kappa shape index (κ2) is 8.17. The van der Waals surface area contributed by atoms with Crippen LogP contribution in [0.1, 0.15) is 21.5 Å². The van der Waals surface area contributed by atoms with Gasteiger partial charge >= 0.3 is 12.0 Å². The van der Waals surface area contributed by atoms with Crippen molar-refractivity contribution in [3.8, 4) is 5.75 Å². The molecule has 2 aromatic carbocycles. The molecule has 8 heteroatoms. The fourth-order valence-corrected chi connectivity index (χ4v) is 2.51. The third-order valence-electron chi connectivity index (χ3n) is 3.89. The molecule has 3 rings (SSSR count). The summed E-state index contributed by atoms with van der Waals surface area (Å²) in [5.74, 6) is -1.35. The monoisotopic (exact) mass is 380 g/mol. The average Bonchev–Trinajstić information content (AvgIpc) is 2.69. The Bertz CT molecular complexity index is 956. The first kappa shape index (κ1) is 18.8. The lowest BCUT2D eigenvalue weighted by Crippen LogP contribution is -2.51. The number of benzene rings is 2. The molecule has 4 amide bonds. The van der Waals surface area contributed by atoms with Crippen LogP contribution in [0, 0.1) is 0 Å². The van der Waals surface area contributed by atoms with Crippen molar-refractivity contribution < 1.29 is 28.7 Å². The van der Waals surface area contributed by atoms with Crippen molar-refractivity contribution in [3.05, 3.63) is 70.8 Å². The summed E-state index contributed by atoms with van der Waals surface area (Å²) < 4.78 is 10.4. The van der Waals surface area contributed by atoms with E-state index in [0.29, 0.717) is 16.9 Å². The zero-order valence-corrected chi connectivity index (χ0v) is 14.9. The maximum atomic E-state index is 11.7. The van der Waals surface area contributed by atoms with E-state index < -0.39 is 23.8 Å². The topological polar surface area (TPSA) is 111 Å². The van der Waals surface area contributed by atoms with Gasteiger partial charge in [0.1, 0.15) is 17.9 Å². The molecule has 1 saturated heterocycles. The molecule has 1 aliphatic heterocycles. The van der Waals surface area contributed by atoms with Crippen LogP contribution in [0.4, 0.5) is 4.79 Å². The first-order valence-electron chi connectivity index (χ1n) is 8.25. The normalized spacial score (nSPS) is 13.5. The van der Waals surface area contributed by atoms with Crippen molar-refractivity contribution in [2.45, 2.75) is 6.61 Å². The molecular formula is C20H16N2O6. The van der Waals surface area contributed by atoms with E-state index in [1.165, 1.54) is 13.2 Å². The number of carbonyl (C=O) groups is 4. The second-order valence-corrected chi connectivity index (χ2v) is 5.85. The summed E-state index contributed by atoms with van der Waals surface area (Å²) >= 11 is 0. The molecule has 8 nitrogen and oxygen atoms in total. The van der Waals surface area contributed by atoms with Crippen LogP contribution >= 0.6 is 0 Å². The highest BCUT2D eigenvalue weighted by molar-refractivity contribution is 6.31. The Hall–Kier alpha value is -3.94. The zero-order chi connectivity index (χ0) is 20.1. The van der Waals surface area contributed by atoms with Gasteiger partial charge in [0.25, 0.3) is 11.8 Å². The van der Waals surface area contributed by atoms with Crippen LogP contribution in [-0.4, -0.2) is 30.9 Å². The van der Waals surface area contributed by atoms with E-state index in [-0.39, 0.29) is 12.2 Å². The van der Waals surface area contributed by atoms with Crippen LogP contribution in [0.5, 0.6) is 5.75 Å². The number of urea groups is 1. The summed E-state index contributed by atoms with van der Waals surface area (Å²) in [5, 5.41) is 4.02. The molecule has 0 bridgehead atoms. The average molecular weight is 380 g/mol. The number of hydrogen-bond acceptors (Lipinski definition) is 6. The molecule has 2 aromatic rings. The van der Waals surface area contributed by atoms with Gasteiger partial charge in [0.2, 0.25) is 0 Å². The van der Waals surface area contributed by atoms with Gasteiger partial charge in [0, 0.05) is 0 Å². The van der Waals surface area contributed by atoms with Gasteiger partial charge in [-0.3, -0.25) is 20.2 Å². The van der Waals surface area contributed by atoms with Crippen LogP contribution < -0.4 is 15.4 Å². The second-order valence-electron chi connectivity index (χ2n) is 5.85. The number of amides is 4. The number of carbonyl (C=O) groups excluding carboxylic acids is 4. The van der Waals surface area contributed by atoms with Gasteiger partial charge in [-0.05, 0) is 41.5 Å². The maximum absolute atomic E-state index is 11.7. The van der Waals surface area contributed by atoms with Crippen LogP contribution in [0.3, 0.4) is 0 Å². The molecule has 0 aromatic heterocycles. The lowest BCUT2D eigenvalue weighted by molar-refractivity contribution is -0.123. The van der Waals surface area contributed by atoms with Gasteiger partial charge in [0.15, 0.2) is 0 Å². The van der Waals surface area contributed by atoms with E-state index >= 15 is 0 Å². The Balaban J connectivity index is 1.66. The zero-order valence-electron chi connectivity index (χ0n) is 14.9. The molecule has 0 saturated carbocycles. The fourth-order valence-electron chi connectivity index (χ4n) is 2.51. The quantitative estimate of drug-likeness (QED) is 0.465. The molecule has 0 atom stereocenters.